The van der Waals surface area contributed by atoms with Crippen LogP contribution in [-0.4, -0.2) is 30.4 Å². The Morgan fingerprint density at radius 1 is 1.30 bits per heavy atom. The molecule has 27 heavy (non-hydrogen) atoms. The Hall–Kier alpha value is -2.53. The number of anilines is 2. The van der Waals surface area contributed by atoms with E-state index in [1.165, 1.54) is 0 Å². The summed E-state index contributed by atoms with van der Waals surface area (Å²) in [7, 11) is 0. The fourth-order valence-corrected chi connectivity index (χ4v) is 4.04. The molecule has 2 amide bonds. The second kappa shape index (κ2) is 7.24. The molecule has 6 heteroatoms. The topological polar surface area (TPSA) is 61.4 Å². The van der Waals surface area contributed by atoms with E-state index in [2.05, 4.69) is 15.5 Å². The molecule has 0 aromatic heterocycles. The predicted molar refractivity (Wildman–Crippen MR) is 107 cm³/mol. The Kier molecular flexibility index (Phi) is 4.79. The molecule has 1 fully saturated rings. The number of benzene rings is 2. The minimum absolute atomic E-state index is 0.00193. The summed E-state index contributed by atoms with van der Waals surface area (Å²) in [5, 5.41) is 6.79. The summed E-state index contributed by atoms with van der Waals surface area (Å²) in [4.78, 5) is 26.9. The lowest BCUT2D eigenvalue weighted by Crippen LogP contribution is -2.44. The minimum Gasteiger partial charge on any atom is -0.356 e. The molecule has 2 N–H and O–H groups in total. The zero-order valence-electron chi connectivity index (χ0n) is 15.2. The zero-order valence-corrected chi connectivity index (χ0v) is 15.9. The fourth-order valence-electron chi connectivity index (χ4n) is 3.92. The van der Waals surface area contributed by atoms with Crippen LogP contribution < -0.4 is 15.5 Å². The van der Waals surface area contributed by atoms with Gasteiger partial charge in [0, 0.05) is 24.0 Å². The number of nitrogens with zero attached hydrogens (tertiary/aromatic N) is 1. The summed E-state index contributed by atoms with van der Waals surface area (Å²) in [6, 6.07) is 13.4. The van der Waals surface area contributed by atoms with Crippen molar-refractivity contribution in [3.05, 3.63) is 58.6 Å². The standard InChI is InChI=1S/C21H22ClN3O2/c1-13-10-14(6-8-16(13)22)7-9-20(26)23-15-11-19-21(27)24-17-4-2-3-5-18(17)25(19)12-15/h2-6,8,10,15,19H,7,9,11-12H2,1H3,(H,23,26)(H,24,27). The molecule has 2 heterocycles. The maximum absolute atomic E-state index is 12.4. The normalized spacial score (nSPS) is 20.7. The molecule has 0 aliphatic carbocycles. The maximum Gasteiger partial charge on any atom is 0.247 e. The quantitative estimate of drug-likeness (QED) is 0.851. The summed E-state index contributed by atoms with van der Waals surface area (Å²) in [6.07, 6.45) is 1.73. The molecule has 2 aromatic carbocycles. The Morgan fingerprint density at radius 3 is 2.93 bits per heavy atom. The molecular weight excluding hydrogens is 362 g/mol. The Labute approximate surface area is 163 Å². The van der Waals surface area contributed by atoms with Crippen molar-refractivity contribution in [1.29, 1.82) is 0 Å². The molecule has 0 radical (unpaired) electrons. The van der Waals surface area contributed by atoms with Crippen LogP contribution >= 0.6 is 11.6 Å². The highest BCUT2D eigenvalue weighted by atomic mass is 35.5. The average Bonchev–Trinajstić information content (AvgIpc) is 3.07. The summed E-state index contributed by atoms with van der Waals surface area (Å²) >= 11 is 6.05. The van der Waals surface area contributed by atoms with Crippen molar-refractivity contribution in [2.24, 2.45) is 0 Å². The molecule has 2 aromatic rings. The van der Waals surface area contributed by atoms with Crippen molar-refractivity contribution >= 4 is 34.8 Å². The van der Waals surface area contributed by atoms with Crippen LogP contribution in [0.4, 0.5) is 11.4 Å². The number of nitrogens with one attached hydrogen (secondary N) is 2. The van der Waals surface area contributed by atoms with Crippen LogP contribution in [0.25, 0.3) is 0 Å². The van der Waals surface area contributed by atoms with Crippen LogP contribution in [0.5, 0.6) is 0 Å². The first-order valence-corrected chi connectivity index (χ1v) is 9.60. The van der Waals surface area contributed by atoms with Crippen molar-refractivity contribution in [2.75, 3.05) is 16.8 Å². The van der Waals surface area contributed by atoms with E-state index in [1.54, 1.807) is 0 Å². The van der Waals surface area contributed by atoms with Gasteiger partial charge in [0.2, 0.25) is 11.8 Å². The van der Waals surface area contributed by atoms with Gasteiger partial charge in [0.15, 0.2) is 0 Å². The van der Waals surface area contributed by atoms with Crippen LogP contribution in [0.2, 0.25) is 5.02 Å². The first-order valence-electron chi connectivity index (χ1n) is 9.22. The monoisotopic (exact) mass is 383 g/mol. The fraction of sp³-hybridized carbons (Fsp3) is 0.333. The van der Waals surface area contributed by atoms with Crippen molar-refractivity contribution in [2.45, 2.75) is 38.3 Å². The summed E-state index contributed by atoms with van der Waals surface area (Å²) in [5.74, 6) is 0.0169. The van der Waals surface area contributed by atoms with E-state index in [4.69, 9.17) is 11.6 Å². The average molecular weight is 384 g/mol. The molecule has 2 aliphatic rings. The van der Waals surface area contributed by atoms with E-state index in [0.717, 1.165) is 27.5 Å². The number of amides is 2. The Balaban J connectivity index is 1.36. The highest BCUT2D eigenvalue weighted by Gasteiger charge is 2.41. The molecule has 0 bridgehead atoms. The van der Waals surface area contributed by atoms with Crippen molar-refractivity contribution in [1.82, 2.24) is 5.32 Å². The number of aryl methyl sites for hydroxylation is 2. The molecule has 0 spiro atoms. The van der Waals surface area contributed by atoms with Gasteiger partial charge in [-0.2, -0.15) is 0 Å². The van der Waals surface area contributed by atoms with Gasteiger partial charge in [-0.15, -0.1) is 0 Å². The van der Waals surface area contributed by atoms with Gasteiger partial charge in [-0.25, -0.2) is 0 Å². The summed E-state index contributed by atoms with van der Waals surface area (Å²) < 4.78 is 0. The predicted octanol–water partition coefficient (Wildman–Crippen LogP) is 3.30. The largest absolute Gasteiger partial charge is 0.356 e. The molecule has 2 aliphatic heterocycles. The van der Waals surface area contributed by atoms with Crippen LogP contribution in [-0.2, 0) is 16.0 Å². The van der Waals surface area contributed by atoms with Crippen LogP contribution in [0.3, 0.4) is 0 Å². The second-order valence-electron chi connectivity index (χ2n) is 7.26. The minimum atomic E-state index is -0.218. The summed E-state index contributed by atoms with van der Waals surface area (Å²) in [6.45, 7) is 2.62. The molecular formula is C21H22ClN3O2. The van der Waals surface area contributed by atoms with Gasteiger partial charge < -0.3 is 15.5 Å². The SMILES string of the molecule is Cc1cc(CCC(=O)NC2CC3C(=O)Nc4ccccc4N3C2)ccc1Cl. The van der Waals surface area contributed by atoms with E-state index in [-0.39, 0.29) is 23.9 Å². The van der Waals surface area contributed by atoms with Gasteiger partial charge in [-0.05, 0) is 49.1 Å². The Morgan fingerprint density at radius 2 is 2.11 bits per heavy atom. The second-order valence-corrected chi connectivity index (χ2v) is 7.67. The van der Waals surface area contributed by atoms with Crippen LogP contribution in [0.1, 0.15) is 24.0 Å². The van der Waals surface area contributed by atoms with Crippen molar-refractivity contribution in [3.63, 3.8) is 0 Å². The van der Waals surface area contributed by atoms with Crippen LogP contribution in [0, 0.1) is 6.92 Å². The maximum atomic E-state index is 12.4. The number of hydrogen-bond acceptors (Lipinski definition) is 3. The number of fused-ring (bicyclic) bond motifs is 3. The van der Waals surface area contributed by atoms with E-state index in [0.29, 0.717) is 25.8 Å². The third kappa shape index (κ3) is 3.65. The third-order valence-electron chi connectivity index (χ3n) is 5.30. The number of halogens is 1. The molecule has 0 saturated carbocycles. The molecule has 140 valence electrons. The zero-order chi connectivity index (χ0) is 19.0. The smallest absolute Gasteiger partial charge is 0.247 e. The van der Waals surface area contributed by atoms with Crippen molar-refractivity contribution in [3.8, 4) is 0 Å². The van der Waals surface area contributed by atoms with E-state index < -0.39 is 0 Å². The lowest BCUT2D eigenvalue weighted by atomic mass is 10.1. The number of rotatable bonds is 4. The van der Waals surface area contributed by atoms with Gasteiger partial charge in [0.25, 0.3) is 0 Å². The number of carbonyl (C=O) groups is 2. The van der Waals surface area contributed by atoms with E-state index >= 15 is 0 Å². The first-order chi connectivity index (χ1) is 13.0. The van der Waals surface area contributed by atoms with E-state index in [1.807, 2.05) is 49.4 Å². The highest BCUT2D eigenvalue weighted by Crippen LogP contribution is 2.36. The van der Waals surface area contributed by atoms with Gasteiger partial charge in [0.1, 0.15) is 6.04 Å². The number of carbonyl (C=O) groups excluding carboxylic acids is 2. The molecule has 2 unspecified atom stereocenters. The third-order valence-corrected chi connectivity index (χ3v) is 5.73. The molecule has 5 nitrogen and oxygen atoms in total. The lowest BCUT2D eigenvalue weighted by molar-refractivity contribution is -0.122. The van der Waals surface area contributed by atoms with Crippen molar-refractivity contribution < 1.29 is 9.59 Å². The number of para-hydroxylation sites is 2. The van der Waals surface area contributed by atoms with Crippen LogP contribution in [0.15, 0.2) is 42.5 Å². The van der Waals surface area contributed by atoms with Gasteiger partial charge >= 0.3 is 0 Å². The van der Waals surface area contributed by atoms with Gasteiger partial charge in [0.05, 0.1) is 11.4 Å². The molecule has 1 saturated heterocycles. The molecule has 2 atom stereocenters. The first kappa shape index (κ1) is 17.9. The van der Waals surface area contributed by atoms with Gasteiger partial charge in [-0.1, -0.05) is 35.9 Å². The van der Waals surface area contributed by atoms with Gasteiger partial charge in [-0.3, -0.25) is 9.59 Å². The molecule has 4 rings (SSSR count). The van der Waals surface area contributed by atoms with E-state index in [9.17, 15) is 9.59 Å². The highest BCUT2D eigenvalue weighted by molar-refractivity contribution is 6.31. The Bertz CT molecular complexity index is 899. The summed E-state index contributed by atoms with van der Waals surface area (Å²) in [5.41, 5.74) is 3.98. The lowest BCUT2D eigenvalue weighted by Gasteiger charge is -2.32. The number of hydrogen-bond donors (Lipinski definition) is 2.